The van der Waals surface area contributed by atoms with Crippen molar-refractivity contribution in [1.29, 1.82) is 0 Å². The first kappa shape index (κ1) is 27.6. The fraction of sp³-hybridized carbons (Fsp3) is 0.261. The van der Waals surface area contributed by atoms with Gasteiger partial charge in [0, 0.05) is 24.5 Å². The summed E-state index contributed by atoms with van der Waals surface area (Å²) in [6.45, 7) is 3.52. The maximum Gasteiger partial charge on any atom is 0.488 e. The molecule has 0 fully saturated rings. The maximum atomic E-state index is 13.0. The van der Waals surface area contributed by atoms with Gasteiger partial charge in [-0.1, -0.05) is 15.5 Å². The summed E-state index contributed by atoms with van der Waals surface area (Å²) >= 11 is 6.31. The Morgan fingerprint density at radius 2 is 1.89 bits per heavy atom. The minimum atomic E-state index is -5.27. The Morgan fingerprint density at radius 3 is 2.55 bits per heavy atom. The third kappa shape index (κ3) is 6.17. The summed E-state index contributed by atoms with van der Waals surface area (Å²) in [5, 5.41) is 6.32. The summed E-state index contributed by atoms with van der Waals surface area (Å²) in [4.78, 5) is 22.9. The van der Waals surface area contributed by atoms with E-state index >= 15 is 0 Å². The van der Waals surface area contributed by atoms with Gasteiger partial charge in [0.15, 0.2) is 5.82 Å². The van der Waals surface area contributed by atoms with Crippen LogP contribution < -0.4 is 24.9 Å². The molecule has 0 radical (unpaired) electrons. The van der Waals surface area contributed by atoms with Gasteiger partial charge in [-0.05, 0) is 55.6 Å². The molecule has 0 aliphatic carbocycles. The van der Waals surface area contributed by atoms with Crippen LogP contribution in [-0.2, 0) is 21.5 Å². The Balaban J connectivity index is 1.68. The van der Waals surface area contributed by atoms with Crippen molar-refractivity contribution in [3.05, 3.63) is 52.7 Å². The molecule has 2 N–H and O–H groups in total. The maximum absolute atomic E-state index is 13.0. The predicted molar refractivity (Wildman–Crippen MR) is 143 cm³/mol. The van der Waals surface area contributed by atoms with Crippen molar-refractivity contribution in [3.8, 4) is 11.5 Å². The van der Waals surface area contributed by atoms with Gasteiger partial charge in [0.25, 0.3) is 5.91 Å². The molecule has 1 amide bonds. The number of ether oxygens (including phenoxy) is 1. The second kappa shape index (κ2) is 10.4. The van der Waals surface area contributed by atoms with Crippen molar-refractivity contribution in [2.24, 2.45) is 0 Å². The normalized spacial score (nSPS) is 13.6. The molecule has 11 nitrogen and oxygen atoms in total. The number of nitrogens with one attached hydrogen (secondary N) is 2. The van der Waals surface area contributed by atoms with Gasteiger partial charge in [-0.25, -0.2) is 4.98 Å². The van der Waals surface area contributed by atoms with Crippen molar-refractivity contribution in [2.75, 3.05) is 44.7 Å². The Bertz CT molecular complexity index is 1580. The molecule has 2 aromatic carbocycles. The van der Waals surface area contributed by atoms with Crippen LogP contribution in [0.25, 0.3) is 0 Å². The lowest BCUT2D eigenvalue weighted by molar-refractivity contribution is 0.0781. The Hall–Kier alpha value is -3.41. The first-order valence-electron chi connectivity index (χ1n) is 11.1. The molecule has 0 spiro atoms. The first-order chi connectivity index (χ1) is 17.7. The Morgan fingerprint density at radius 1 is 1.16 bits per heavy atom. The Labute approximate surface area is 224 Å². The minimum absolute atomic E-state index is 0.111. The zero-order chi connectivity index (χ0) is 27.8. The lowest BCUT2D eigenvalue weighted by Crippen LogP contribution is -2.34. The van der Waals surface area contributed by atoms with E-state index in [0.29, 0.717) is 30.0 Å². The topological polar surface area (TPSA) is 140 Å². The van der Waals surface area contributed by atoms with Gasteiger partial charge in [-0.15, -0.1) is 0 Å². The molecule has 0 atom stereocenters. The zero-order valence-electron chi connectivity index (χ0n) is 20.8. The molecule has 0 saturated heterocycles. The lowest BCUT2D eigenvalue weighted by Gasteiger charge is -2.26. The van der Waals surface area contributed by atoms with Crippen molar-refractivity contribution >= 4 is 63.6 Å². The summed E-state index contributed by atoms with van der Waals surface area (Å²) in [6.07, 6.45) is 2.04. The standard InChI is InChI=1S/C23H24ClFN5O6PS/c1-30-8-7-13-9-19(35-2)18(11-15(13)22(30)31)28-23-26-12-16(24)21(29-23)27-17-6-5-14(36-38(25,33)34)10-20(17)37(3,4)32/h5-6,9-12H,7-8H2,1-4H3,(H2,26,27,28,29). The van der Waals surface area contributed by atoms with Crippen molar-refractivity contribution in [1.82, 2.24) is 14.9 Å². The molecule has 1 aliphatic heterocycles. The third-order valence-corrected chi connectivity index (χ3v) is 7.91. The molecule has 0 bridgehead atoms. The van der Waals surface area contributed by atoms with E-state index in [0.717, 1.165) is 5.56 Å². The second-order valence-electron chi connectivity index (χ2n) is 8.83. The van der Waals surface area contributed by atoms with Gasteiger partial charge in [0.05, 0.1) is 24.7 Å². The highest BCUT2D eigenvalue weighted by Gasteiger charge is 2.25. The number of hydrogen-bond donors (Lipinski definition) is 2. The summed E-state index contributed by atoms with van der Waals surface area (Å²) in [5.41, 5.74) is 2.16. The second-order valence-corrected chi connectivity index (χ2v) is 13.4. The van der Waals surface area contributed by atoms with E-state index in [2.05, 4.69) is 24.8 Å². The Kier molecular flexibility index (Phi) is 7.55. The lowest BCUT2D eigenvalue weighted by atomic mass is 9.98. The SMILES string of the molecule is COc1cc2c(cc1Nc1ncc(Cl)c(Nc3ccc(OS(=O)(=O)F)cc3P(C)(C)=O)n1)C(=O)N(C)CC2. The van der Waals surface area contributed by atoms with Crippen LogP contribution in [0.4, 0.5) is 27.0 Å². The van der Waals surface area contributed by atoms with E-state index in [9.17, 15) is 21.7 Å². The number of rotatable bonds is 8. The summed E-state index contributed by atoms with van der Waals surface area (Å²) in [7, 11) is -5.04. The number of likely N-dealkylation sites (N-methyl/N-ethyl adjacent to an activating group) is 1. The number of fused-ring (bicyclic) bond motifs is 1. The van der Waals surface area contributed by atoms with Gasteiger partial charge in [-0.2, -0.15) is 13.4 Å². The van der Waals surface area contributed by atoms with Crippen LogP contribution in [0.2, 0.25) is 5.02 Å². The molecule has 0 unspecified atom stereocenters. The van der Waals surface area contributed by atoms with E-state index in [4.69, 9.17) is 16.3 Å². The molecular formula is C23H24ClFN5O6PS. The fourth-order valence-corrected chi connectivity index (χ4v) is 5.50. The van der Waals surface area contributed by atoms with Gasteiger partial charge >= 0.3 is 10.5 Å². The van der Waals surface area contributed by atoms with E-state index in [1.165, 1.54) is 44.8 Å². The smallest absolute Gasteiger partial charge is 0.488 e. The van der Waals surface area contributed by atoms with Crippen molar-refractivity contribution < 1.29 is 30.6 Å². The van der Waals surface area contributed by atoms with Gasteiger partial charge in [0.2, 0.25) is 5.95 Å². The number of benzene rings is 2. The third-order valence-electron chi connectivity index (χ3n) is 5.71. The van der Waals surface area contributed by atoms with Crippen LogP contribution in [-0.4, -0.2) is 63.2 Å². The van der Waals surface area contributed by atoms with Crippen molar-refractivity contribution in [3.63, 3.8) is 0 Å². The molecule has 0 saturated carbocycles. The zero-order valence-corrected chi connectivity index (χ0v) is 23.2. The summed E-state index contributed by atoms with van der Waals surface area (Å²) in [6, 6.07) is 7.21. The number of amides is 1. The molecule has 4 rings (SSSR count). The average Bonchev–Trinajstić information content (AvgIpc) is 2.83. The van der Waals surface area contributed by atoms with Gasteiger partial charge in [0.1, 0.15) is 23.7 Å². The van der Waals surface area contributed by atoms with Crippen LogP contribution >= 0.6 is 18.7 Å². The number of methoxy groups -OCH3 is 1. The first-order valence-corrected chi connectivity index (χ1v) is 15.4. The largest absolute Gasteiger partial charge is 0.495 e. The molecule has 2 heterocycles. The highest BCUT2D eigenvalue weighted by atomic mass is 35.5. The molecular weight excluding hydrogens is 560 g/mol. The van der Waals surface area contributed by atoms with Crippen LogP contribution in [0.5, 0.6) is 11.5 Å². The van der Waals surface area contributed by atoms with Crippen molar-refractivity contribution in [2.45, 2.75) is 6.42 Å². The molecule has 1 aromatic heterocycles. The van der Waals surface area contributed by atoms with Gasteiger partial charge in [-0.3, -0.25) is 4.79 Å². The van der Waals surface area contributed by atoms with E-state index < -0.39 is 17.6 Å². The molecule has 15 heteroatoms. The van der Waals surface area contributed by atoms with Crippen LogP contribution in [0.1, 0.15) is 15.9 Å². The number of carbonyl (C=O) groups is 1. The van der Waals surface area contributed by atoms with Gasteiger partial charge < -0.3 is 29.0 Å². The monoisotopic (exact) mass is 583 g/mol. The summed E-state index contributed by atoms with van der Waals surface area (Å²) < 4.78 is 57.5. The molecule has 202 valence electrons. The van der Waals surface area contributed by atoms with Crippen LogP contribution in [0.3, 0.4) is 0 Å². The quantitative estimate of drug-likeness (QED) is 0.294. The fourth-order valence-electron chi connectivity index (χ4n) is 3.88. The number of halogens is 2. The van der Waals surface area contributed by atoms with E-state index in [-0.39, 0.29) is 39.4 Å². The highest BCUT2D eigenvalue weighted by Crippen LogP contribution is 2.40. The number of nitrogens with zero attached hydrogens (tertiary/aromatic N) is 3. The molecule has 3 aromatic rings. The minimum Gasteiger partial charge on any atom is -0.495 e. The van der Waals surface area contributed by atoms with Crippen LogP contribution in [0.15, 0.2) is 36.5 Å². The summed E-state index contributed by atoms with van der Waals surface area (Å²) in [5.74, 6) is 0.298. The highest BCUT2D eigenvalue weighted by molar-refractivity contribution is 7.81. The number of carbonyl (C=O) groups excluding carboxylic acids is 1. The average molecular weight is 584 g/mol. The number of hydrogen-bond acceptors (Lipinski definition) is 10. The van der Waals surface area contributed by atoms with E-state index in [1.807, 2.05) is 0 Å². The predicted octanol–water partition coefficient (Wildman–Crippen LogP) is 4.10. The molecule has 1 aliphatic rings. The number of aromatic nitrogens is 2. The van der Waals surface area contributed by atoms with E-state index in [1.54, 1.807) is 24.1 Å². The van der Waals surface area contributed by atoms with Crippen LogP contribution in [0, 0.1) is 0 Å². The number of anilines is 4. The molecule has 38 heavy (non-hydrogen) atoms.